The third-order valence-electron chi connectivity index (χ3n) is 2.81. The first-order valence-electron chi connectivity index (χ1n) is 5.85. The minimum Gasteiger partial charge on any atom is -0.480 e. The standard InChI is InChI=1S/C11H23N3O3/c1-5-8(2)14(4)7-6-12-11(17)13-9(3)10(15)16/h8-9H,5-7H2,1-4H3,(H,15,16)(H2,12,13,17)/t8?,9-/m0/s1. The molecule has 2 amide bonds. The van der Waals surface area contributed by atoms with Gasteiger partial charge in [-0.2, -0.15) is 0 Å². The van der Waals surface area contributed by atoms with Crippen LogP contribution in [0.15, 0.2) is 0 Å². The monoisotopic (exact) mass is 245 g/mol. The van der Waals surface area contributed by atoms with Crippen molar-refractivity contribution in [2.45, 2.75) is 39.3 Å². The summed E-state index contributed by atoms with van der Waals surface area (Å²) < 4.78 is 0. The lowest BCUT2D eigenvalue weighted by Crippen LogP contribution is -2.46. The van der Waals surface area contributed by atoms with Crippen LogP contribution in [-0.4, -0.2) is 54.2 Å². The molecule has 0 saturated heterocycles. The van der Waals surface area contributed by atoms with Crippen molar-refractivity contribution >= 4 is 12.0 Å². The predicted molar refractivity (Wildman–Crippen MR) is 66.0 cm³/mol. The molecule has 1 unspecified atom stereocenters. The Morgan fingerprint density at radius 2 is 1.94 bits per heavy atom. The van der Waals surface area contributed by atoms with Gasteiger partial charge in [0.05, 0.1) is 0 Å². The highest BCUT2D eigenvalue weighted by Crippen LogP contribution is 1.97. The molecule has 0 fully saturated rings. The molecule has 100 valence electrons. The van der Waals surface area contributed by atoms with Gasteiger partial charge in [0.15, 0.2) is 0 Å². The number of hydrogen-bond acceptors (Lipinski definition) is 3. The number of hydrogen-bond donors (Lipinski definition) is 3. The second-order valence-corrected chi connectivity index (χ2v) is 4.20. The first-order chi connectivity index (χ1) is 7.88. The third-order valence-corrected chi connectivity index (χ3v) is 2.81. The fourth-order valence-corrected chi connectivity index (χ4v) is 1.19. The molecule has 0 saturated carbocycles. The van der Waals surface area contributed by atoms with Gasteiger partial charge in [-0.25, -0.2) is 4.79 Å². The van der Waals surface area contributed by atoms with Gasteiger partial charge in [-0.15, -0.1) is 0 Å². The predicted octanol–water partition coefficient (Wildman–Crippen LogP) is 0.489. The lowest BCUT2D eigenvalue weighted by atomic mass is 10.2. The van der Waals surface area contributed by atoms with E-state index in [2.05, 4.69) is 29.4 Å². The van der Waals surface area contributed by atoms with Crippen LogP contribution in [0, 0.1) is 0 Å². The first-order valence-corrected chi connectivity index (χ1v) is 5.85. The zero-order valence-electron chi connectivity index (χ0n) is 11.0. The van der Waals surface area contributed by atoms with Gasteiger partial charge in [0.2, 0.25) is 0 Å². The average molecular weight is 245 g/mol. The Morgan fingerprint density at radius 3 is 2.41 bits per heavy atom. The van der Waals surface area contributed by atoms with E-state index in [0.29, 0.717) is 12.6 Å². The number of carbonyl (C=O) groups excluding carboxylic acids is 1. The van der Waals surface area contributed by atoms with Crippen LogP contribution in [0.1, 0.15) is 27.2 Å². The van der Waals surface area contributed by atoms with Gasteiger partial charge in [0.25, 0.3) is 0 Å². The largest absolute Gasteiger partial charge is 0.480 e. The van der Waals surface area contributed by atoms with E-state index in [4.69, 9.17) is 5.11 Å². The summed E-state index contributed by atoms with van der Waals surface area (Å²) in [6, 6.07) is -0.849. The van der Waals surface area contributed by atoms with Gasteiger partial charge < -0.3 is 20.6 Å². The highest BCUT2D eigenvalue weighted by molar-refractivity contribution is 5.82. The van der Waals surface area contributed by atoms with Crippen LogP contribution in [0.2, 0.25) is 0 Å². The summed E-state index contributed by atoms with van der Waals surface area (Å²) in [6.45, 7) is 6.89. The fourth-order valence-electron chi connectivity index (χ4n) is 1.19. The Balaban J connectivity index is 3.75. The smallest absolute Gasteiger partial charge is 0.325 e. The summed E-state index contributed by atoms with van der Waals surface area (Å²) in [7, 11) is 1.99. The van der Waals surface area contributed by atoms with Crippen LogP contribution in [0.3, 0.4) is 0 Å². The summed E-state index contributed by atoms with van der Waals surface area (Å²) in [5.41, 5.74) is 0. The van der Waals surface area contributed by atoms with Crippen LogP contribution in [0.25, 0.3) is 0 Å². The molecule has 6 nitrogen and oxygen atoms in total. The normalized spacial score (nSPS) is 14.2. The summed E-state index contributed by atoms with van der Waals surface area (Å²) in [4.78, 5) is 23.9. The third kappa shape index (κ3) is 6.78. The van der Waals surface area contributed by atoms with Gasteiger partial charge in [0.1, 0.15) is 6.04 Å². The summed E-state index contributed by atoms with van der Waals surface area (Å²) in [6.07, 6.45) is 1.05. The molecule has 0 rings (SSSR count). The van der Waals surface area contributed by atoms with Crippen molar-refractivity contribution in [2.75, 3.05) is 20.1 Å². The molecule has 0 aliphatic carbocycles. The number of carboxylic acid groups (broad SMARTS) is 1. The molecule has 0 aromatic heterocycles. The topological polar surface area (TPSA) is 81.7 Å². The number of aliphatic carboxylic acids is 1. The maximum Gasteiger partial charge on any atom is 0.325 e. The van der Waals surface area contributed by atoms with Crippen LogP contribution in [-0.2, 0) is 4.79 Å². The van der Waals surface area contributed by atoms with Crippen molar-refractivity contribution in [1.82, 2.24) is 15.5 Å². The number of likely N-dealkylation sites (N-methyl/N-ethyl adjacent to an activating group) is 1. The number of nitrogens with one attached hydrogen (secondary N) is 2. The molecule has 0 heterocycles. The van der Waals surface area contributed by atoms with Gasteiger partial charge in [-0.1, -0.05) is 6.92 Å². The minimum atomic E-state index is -1.04. The number of urea groups is 1. The van der Waals surface area contributed by atoms with Gasteiger partial charge in [0, 0.05) is 19.1 Å². The van der Waals surface area contributed by atoms with Crippen molar-refractivity contribution in [2.24, 2.45) is 0 Å². The van der Waals surface area contributed by atoms with E-state index in [1.165, 1.54) is 6.92 Å². The molecule has 0 radical (unpaired) electrons. The van der Waals surface area contributed by atoms with E-state index in [0.717, 1.165) is 13.0 Å². The number of rotatable bonds is 7. The molecule has 0 aromatic rings. The van der Waals surface area contributed by atoms with Crippen molar-refractivity contribution < 1.29 is 14.7 Å². The maximum absolute atomic E-state index is 11.3. The number of carbonyl (C=O) groups is 2. The lowest BCUT2D eigenvalue weighted by molar-refractivity contribution is -0.138. The van der Waals surface area contributed by atoms with Crippen molar-refractivity contribution in [1.29, 1.82) is 0 Å². The summed E-state index contributed by atoms with van der Waals surface area (Å²) >= 11 is 0. The number of amides is 2. The SMILES string of the molecule is CCC(C)N(C)CCNC(=O)N[C@@H](C)C(=O)O. The zero-order valence-corrected chi connectivity index (χ0v) is 11.0. The van der Waals surface area contributed by atoms with E-state index < -0.39 is 18.0 Å². The minimum absolute atomic E-state index is 0.447. The van der Waals surface area contributed by atoms with Crippen molar-refractivity contribution in [3.05, 3.63) is 0 Å². The molecule has 2 atom stereocenters. The van der Waals surface area contributed by atoms with E-state index in [1.807, 2.05) is 7.05 Å². The van der Waals surface area contributed by atoms with Crippen LogP contribution < -0.4 is 10.6 Å². The van der Waals surface area contributed by atoms with Crippen molar-refractivity contribution in [3.8, 4) is 0 Å². The molecular formula is C11H23N3O3. The Morgan fingerprint density at radius 1 is 1.35 bits per heavy atom. The average Bonchev–Trinajstić information content (AvgIpc) is 2.27. The molecule has 0 aliphatic heterocycles. The second kappa shape index (κ2) is 7.89. The highest BCUT2D eigenvalue weighted by atomic mass is 16.4. The molecule has 0 spiro atoms. The summed E-state index contributed by atoms with van der Waals surface area (Å²) in [5.74, 6) is -1.04. The van der Waals surface area contributed by atoms with E-state index >= 15 is 0 Å². The van der Waals surface area contributed by atoms with Crippen LogP contribution in [0.5, 0.6) is 0 Å². The molecule has 0 bridgehead atoms. The first kappa shape index (κ1) is 15.7. The highest BCUT2D eigenvalue weighted by Gasteiger charge is 2.13. The zero-order chi connectivity index (χ0) is 13.4. The fraction of sp³-hybridized carbons (Fsp3) is 0.818. The van der Waals surface area contributed by atoms with Gasteiger partial charge in [-0.05, 0) is 27.3 Å². The summed E-state index contributed by atoms with van der Waals surface area (Å²) in [5, 5.41) is 13.5. The Kier molecular flexibility index (Phi) is 7.29. The second-order valence-electron chi connectivity index (χ2n) is 4.20. The van der Waals surface area contributed by atoms with Crippen LogP contribution in [0.4, 0.5) is 4.79 Å². The Bertz CT molecular complexity index is 258. The molecular weight excluding hydrogens is 222 g/mol. The molecule has 17 heavy (non-hydrogen) atoms. The quantitative estimate of drug-likeness (QED) is 0.609. The molecule has 3 N–H and O–H groups in total. The molecule has 6 heteroatoms. The van der Waals surface area contributed by atoms with Crippen LogP contribution >= 0.6 is 0 Å². The maximum atomic E-state index is 11.3. The molecule has 0 aromatic carbocycles. The number of carboxylic acids is 1. The van der Waals surface area contributed by atoms with E-state index in [9.17, 15) is 9.59 Å². The molecule has 0 aliphatic rings. The number of nitrogens with zero attached hydrogens (tertiary/aromatic N) is 1. The lowest BCUT2D eigenvalue weighted by Gasteiger charge is -2.23. The van der Waals surface area contributed by atoms with E-state index in [-0.39, 0.29) is 0 Å². The Hall–Kier alpha value is -1.30. The van der Waals surface area contributed by atoms with Crippen molar-refractivity contribution in [3.63, 3.8) is 0 Å². The van der Waals surface area contributed by atoms with E-state index in [1.54, 1.807) is 0 Å². The van der Waals surface area contributed by atoms with Gasteiger partial charge >= 0.3 is 12.0 Å². The Labute approximate surface area is 102 Å². The van der Waals surface area contributed by atoms with Gasteiger partial charge in [-0.3, -0.25) is 4.79 Å².